The summed E-state index contributed by atoms with van der Waals surface area (Å²) < 4.78 is 52.9. The van der Waals surface area contributed by atoms with Crippen LogP contribution < -0.4 is 37.9 Å². The van der Waals surface area contributed by atoms with Gasteiger partial charge in [-0.1, -0.05) is 97.1 Å². The van der Waals surface area contributed by atoms with Crippen molar-refractivity contribution in [1.29, 1.82) is 0 Å². The molecule has 96 heavy (non-hydrogen) atoms. The average Bonchev–Trinajstić information content (AvgIpc) is 0.694. The first-order chi connectivity index (χ1) is 44.5. The van der Waals surface area contributed by atoms with Crippen molar-refractivity contribution in [3.8, 4) is 46.0 Å². The van der Waals surface area contributed by atoms with Crippen LogP contribution in [-0.4, -0.2) is 44.8 Å². The lowest BCUT2D eigenvalue weighted by molar-refractivity contribution is 0.130. The number of ether oxygens (including phenoxy) is 8. The molecule has 0 spiro atoms. The maximum Gasteiger partial charge on any atom is 0.120 e. The van der Waals surface area contributed by atoms with E-state index >= 15 is 0 Å². The maximum atomic E-state index is 6.61. The van der Waals surface area contributed by atoms with Gasteiger partial charge in [0.1, 0.15) is 90.8 Å². The molecule has 8 aromatic carbocycles. The van der Waals surface area contributed by atoms with Crippen molar-refractivity contribution in [2.45, 2.75) is 211 Å². The summed E-state index contributed by atoms with van der Waals surface area (Å²) in [5.74, 6) is 6.09. The van der Waals surface area contributed by atoms with Crippen LogP contribution in [0.2, 0.25) is 0 Å². The van der Waals surface area contributed by atoms with Gasteiger partial charge in [0.15, 0.2) is 0 Å². The van der Waals surface area contributed by atoms with Gasteiger partial charge in [-0.3, -0.25) is 0 Å². The summed E-state index contributed by atoms with van der Waals surface area (Å²) in [7, 11) is 0. The van der Waals surface area contributed by atoms with Crippen LogP contribution in [0.1, 0.15) is 211 Å². The molecular formula is C88H104O8. The van der Waals surface area contributed by atoms with Crippen molar-refractivity contribution in [2.75, 3.05) is 0 Å². The zero-order chi connectivity index (χ0) is 70.1. The van der Waals surface area contributed by atoms with Crippen molar-refractivity contribution >= 4 is 22.3 Å². The molecule has 8 nitrogen and oxygen atoms in total. The summed E-state index contributed by atoms with van der Waals surface area (Å²) in [4.78, 5) is 0. The Balaban J connectivity index is 1.61. The number of benzene rings is 8. The summed E-state index contributed by atoms with van der Waals surface area (Å²) in [6.07, 6.45) is 0. The van der Waals surface area contributed by atoms with Crippen molar-refractivity contribution in [3.63, 3.8) is 0 Å². The Hall–Kier alpha value is -8.88. The first-order valence-electron chi connectivity index (χ1n) is 33.8. The lowest BCUT2D eigenvalue weighted by Crippen LogP contribution is -2.24. The fraction of sp³-hybridized carbons (Fsp3) is 0.364. The number of allylic oxidation sites excluding steroid dienone is 4. The molecule has 0 bridgehead atoms. The minimum atomic E-state index is -0.443. The molecule has 0 N–H and O–H groups in total. The minimum Gasteiger partial charge on any atom is -0.488 e. The average molecular weight is 1290 g/mol. The van der Waals surface area contributed by atoms with Crippen LogP contribution in [0.5, 0.6) is 46.0 Å². The van der Waals surface area contributed by atoms with Crippen molar-refractivity contribution in [3.05, 3.63) is 261 Å². The summed E-state index contributed by atoms with van der Waals surface area (Å²) >= 11 is 0. The van der Waals surface area contributed by atoms with Crippen molar-refractivity contribution in [2.24, 2.45) is 0 Å². The van der Waals surface area contributed by atoms with Crippen LogP contribution in [0, 0.1) is 0 Å². The van der Waals surface area contributed by atoms with Crippen LogP contribution in [0.15, 0.2) is 216 Å². The standard InChI is InChI=1S/C88H104O8/c1-81(2,3)89-65-41-25-57(26-42-65)73(58-27-43-66(44-28-58)90-82(4,5)6)77-78(74(59-29-45-67(46-30-59)91-83(7,8)9)60-31-47-68(48-32-60)92-84(10,11)12)80(76(63-37-53-71(54-38-63)95-87(19,20)21)64-39-55-72(56-40-64)96-88(22,23)24)79(77)75(61-33-49-69(50-34-61)93-85(13,14)15)62-35-51-70(52-36-62)94-86(16,17)18/h25-56H,1-24H3. The van der Waals surface area contributed by atoms with Gasteiger partial charge in [-0.25, -0.2) is 0 Å². The summed E-state index contributed by atoms with van der Waals surface area (Å²) in [5, 5.41) is 0. The third kappa shape index (κ3) is 19.6. The highest BCUT2D eigenvalue weighted by atomic mass is 16.5. The van der Waals surface area contributed by atoms with Gasteiger partial charge >= 0.3 is 0 Å². The second-order valence-electron chi connectivity index (χ2n) is 32.9. The first-order valence-corrected chi connectivity index (χ1v) is 33.8. The van der Waals surface area contributed by atoms with Crippen LogP contribution in [0.4, 0.5) is 0 Å². The van der Waals surface area contributed by atoms with Crippen molar-refractivity contribution in [1.82, 2.24) is 0 Å². The predicted octanol–water partition coefficient (Wildman–Crippen LogP) is 23.4. The number of hydrogen-bond acceptors (Lipinski definition) is 8. The fourth-order valence-corrected chi connectivity index (χ4v) is 11.6. The molecule has 0 aliphatic heterocycles. The Bertz CT molecular complexity index is 3290. The Kier molecular flexibility index (Phi) is 20.3. The molecule has 8 heteroatoms. The molecule has 1 aliphatic rings. The van der Waals surface area contributed by atoms with Gasteiger partial charge in [-0.05, 0) is 352 Å². The largest absolute Gasteiger partial charge is 0.488 e. The van der Waals surface area contributed by atoms with Gasteiger partial charge < -0.3 is 37.9 Å². The third-order valence-corrected chi connectivity index (χ3v) is 14.5. The fourth-order valence-electron chi connectivity index (χ4n) is 11.6. The summed E-state index contributed by atoms with van der Waals surface area (Å²) in [6, 6.07) is 68.8. The van der Waals surface area contributed by atoms with Crippen LogP contribution in [0.25, 0.3) is 22.3 Å². The molecule has 0 radical (unpaired) electrons. The SMILES string of the molecule is CC(C)(C)Oc1ccc(C(=C2C(=C(c3ccc(OC(C)(C)C)cc3)c3ccc(OC(C)(C)C)cc3)C(=C(c3ccc(OC(C)(C)C)cc3)c3ccc(OC(C)(C)C)cc3)C2=C(c2ccc(OC(C)(C)C)cc2)c2ccc(OC(C)(C)C)cc2)c2ccc(OC(C)(C)C)cc2)cc1. The van der Waals surface area contributed by atoms with E-state index in [0.717, 1.165) is 135 Å². The first kappa shape index (κ1) is 71.4. The van der Waals surface area contributed by atoms with E-state index in [1.165, 1.54) is 0 Å². The van der Waals surface area contributed by atoms with Gasteiger partial charge in [-0.15, -0.1) is 0 Å². The zero-order valence-electron chi connectivity index (χ0n) is 61.7. The lowest BCUT2D eigenvalue weighted by Gasteiger charge is -2.41. The third-order valence-electron chi connectivity index (χ3n) is 14.5. The topological polar surface area (TPSA) is 73.8 Å². The normalized spacial score (nSPS) is 13.3. The molecule has 8 aromatic rings. The molecule has 0 amide bonds. The van der Waals surface area contributed by atoms with Crippen LogP contribution in [0.3, 0.4) is 0 Å². The van der Waals surface area contributed by atoms with Gasteiger partial charge in [0.2, 0.25) is 0 Å². The van der Waals surface area contributed by atoms with E-state index in [1.807, 2.05) is 0 Å². The summed E-state index contributed by atoms with van der Waals surface area (Å²) in [5.41, 5.74) is 12.3. The lowest BCUT2D eigenvalue weighted by atomic mass is 9.61. The molecule has 9 rings (SSSR count). The monoisotopic (exact) mass is 1290 g/mol. The van der Waals surface area contributed by atoms with Gasteiger partial charge in [0.05, 0.1) is 0 Å². The molecule has 1 saturated carbocycles. The van der Waals surface area contributed by atoms with E-state index in [0.29, 0.717) is 0 Å². The van der Waals surface area contributed by atoms with Gasteiger partial charge in [0, 0.05) is 0 Å². The van der Waals surface area contributed by atoms with E-state index in [-0.39, 0.29) is 0 Å². The van der Waals surface area contributed by atoms with Crippen molar-refractivity contribution < 1.29 is 37.9 Å². The van der Waals surface area contributed by atoms with E-state index in [1.54, 1.807) is 0 Å². The molecule has 0 unspecified atom stereocenters. The van der Waals surface area contributed by atoms with Crippen LogP contribution >= 0.6 is 0 Å². The van der Waals surface area contributed by atoms with E-state index in [4.69, 9.17) is 37.9 Å². The molecule has 1 aliphatic carbocycles. The van der Waals surface area contributed by atoms with Gasteiger partial charge in [-0.2, -0.15) is 0 Å². The smallest absolute Gasteiger partial charge is 0.120 e. The highest BCUT2D eigenvalue weighted by Crippen LogP contribution is 2.60. The second kappa shape index (κ2) is 27.3. The van der Waals surface area contributed by atoms with Crippen LogP contribution in [-0.2, 0) is 0 Å². The predicted molar refractivity (Wildman–Crippen MR) is 399 cm³/mol. The zero-order valence-corrected chi connectivity index (χ0v) is 61.7. The van der Waals surface area contributed by atoms with E-state index in [2.05, 4.69) is 360 Å². The van der Waals surface area contributed by atoms with E-state index in [9.17, 15) is 0 Å². The quantitative estimate of drug-likeness (QED) is 0.0947. The van der Waals surface area contributed by atoms with Gasteiger partial charge in [0.25, 0.3) is 0 Å². The minimum absolute atomic E-state index is 0.443. The number of hydrogen-bond donors (Lipinski definition) is 0. The second-order valence-corrected chi connectivity index (χ2v) is 32.9. The number of rotatable bonds is 16. The Morgan fingerprint density at radius 1 is 0.146 bits per heavy atom. The molecule has 1 fully saturated rings. The molecule has 0 aromatic heterocycles. The Morgan fingerprint density at radius 2 is 0.229 bits per heavy atom. The Morgan fingerprint density at radius 3 is 0.302 bits per heavy atom. The highest BCUT2D eigenvalue weighted by Gasteiger charge is 2.42. The molecular weight excluding hydrogens is 1180 g/mol. The van der Waals surface area contributed by atoms with E-state index < -0.39 is 44.8 Å². The molecule has 504 valence electrons. The Labute approximate surface area is 575 Å². The summed E-state index contributed by atoms with van der Waals surface area (Å²) in [6.45, 7) is 49.9. The highest BCUT2D eigenvalue weighted by molar-refractivity contribution is 6.13. The maximum absolute atomic E-state index is 6.61. The molecule has 0 heterocycles. The molecule has 0 saturated heterocycles. The molecule has 0 atom stereocenters.